The van der Waals surface area contributed by atoms with Gasteiger partial charge in [-0.25, -0.2) is 0 Å². The first kappa shape index (κ1) is 14.5. The Labute approximate surface area is 109 Å². The monoisotopic (exact) mass is 255 g/mol. The minimum atomic E-state index is -0.480. The molecule has 1 aromatic carbocycles. The lowest BCUT2D eigenvalue weighted by Crippen LogP contribution is -2.28. The summed E-state index contributed by atoms with van der Waals surface area (Å²) >= 11 is 6.01. The van der Waals surface area contributed by atoms with Gasteiger partial charge < -0.3 is 10.4 Å². The topological polar surface area (TPSA) is 32.3 Å². The fraction of sp³-hybridized carbons (Fsp3) is 0.571. The number of benzene rings is 1. The fourth-order valence-electron chi connectivity index (χ4n) is 1.91. The average molecular weight is 256 g/mol. The van der Waals surface area contributed by atoms with Crippen LogP contribution in [-0.4, -0.2) is 17.7 Å². The molecule has 1 heterocycles. The largest absolute Gasteiger partial charge is 0.387 e. The highest BCUT2D eigenvalue weighted by Gasteiger charge is 2.24. The molecule has 1 aliphatic rings. The van der Waals surface area contributed by atoms with E-state index in [1.54, 1.807) is 0 Å². The second kappa shape index (κ2) is 7.70. The van der Waals surface area contributed by atoms with Gasteiger partial charge in [-0.15, -0.1) is 0 Å². The smallest absolute Gasteiger partial charge is 0.0957 e. The summed E-state index contributed by atoms with van der Waals surface area (Å²) in [6.07, 6.45) is 2.92. The van der Waals surface area contributed by atoms with Crippen LogP contribution in [0.25, 0.3) is 0 Å². The maximum absolute atomic E-state index is 10.1. The van der Waals surface area contributed by atoms with Gasteiger partial charge in [-0.1, -0.05) is 50.1 Å². The zero-order valence-electron chi connectivity index (χ0n) is 10.6. The van der Waals surface area contributed by atoms with E-state index >= 15 is 0 Å². The third-order valence-electron chi connectivity index (χ3n) is 2.70. The Kier molecular flexibility index (Phi) is 6.56. The molecule has 0 radical (unpaired) electrons. The van der Waals surface area contributed by atoms with Gasteiger partial charge in [0, 0.05) is 16.6 Å². The van der Waals surface area contributed by atoms with Gasteiger partial charge in [-0.3, -0.25) is 0 Å². The molecular weight excluding hydrogens is 234 g/mol. The van der Waals surface area contributed by atoms with Gasteiger partial charge in [0.25, 0.3) is 0 Å². The average Bonchev–Trinajstić information content (AvgIpc) is 2.83. The van der Waals surface area contributed by atoms with Crippen LogP contribution in [0.2, 0.25) is 5.02 Å². The zero-order chi connectivity index (χ0) is 12.7. The Morgan fingerprint density at radius 1 is 1.41 bits per heavy atom. The molecule has 2 nitrogen and oxygen atoms in total. The van der Waals surface area contributed by atoms with Crippen molar-refractivity contribution in [2.24, 2.45) is 0 Å². The molecule has 96 valence electrons. The van der Waals surface area contributed by atoms with E-state index in [-0.39, 0.29) is 6.04 Å². The van der Waals surface area contributed by atoms with Crippen molar-refractivity contribution in [1.82, 2.24) is 5.32 Å². The molecule has 0 bridgehead atoms. The molecule has 0 saturated carbocycles. The molecule has 0 aliphatic carbocycles. The van der Waals surface area contributed by atoms with E-state index in [9.17, 15) is 5.11 Å². The molecule has 1 aliphatic heterocycles. The number of hydrogen-bond acceptors (Lipinski definition) is 2. The number of halogens is 1. The van der Waals surface area contributed by atoms with E-state index in [4.69, 9.17) is 11.6 Å². The van der Waals surface area contributed by atoms with Gasteiger partial charge >= 0.3 is 0 Å². The van der Waals surface area contributed by atoms with Crippen LogP contribution in [0.4, 0.5) is 0 Å². The normalized spacial score (nSPS) is 20.6. The summed E-state index contributed by atoms with van der Waals surface area (Å²) in [5.74, 6) is 0. The highest BCUT2D eigenvalue weighted by molar-refractivity contribution is 6.31. The Balaban J connectivity index is 0.000000437. The van der Waals surface area contributed by atoms with Gasteiger partial charge in [-0.2, -0.15) is 0 Å². The standard InChI is InChI=1S/C11H14ClNO.C3H8/c12-9-5-2-1-4-8(9)11(14)10-6-3-7-13-10;1-3-2/h1-2,4-5,10-11,13-14H,3,6-7H2;3H2,1-2H3. The van der Waals surface area contributed by atoms with E-state index in [1.807, 2.05) is 24.3 Å². The predicted octanol–water partition coefficient (Wildman–Crippen LogP) is 3.54. The molecule has 2 rings (SSSR count). The molecular formula is C14H22ClNO. The number of aliphatic hydroxyl groups excluding tert-OH is 1. The van der Waals surface area contributed by atoms with Crippen molar-refractivity contribution in [3.05, 3.63) is 34.9 Å². The van der Waals surface area contributed by atoms with E-state index in [1.165, 1.54) is 6.42 Å². The summed E-state index contributed by atoms with van der Waals surface area (Å²) in [4.78, 5) is 0. The molecule has 3 heteroatoms. The molecule has 1 saturated heterocycles. The van der Waals surface area contributed by atoms with E-state index in [0.29, 0.717) is 5.02 Å². The molecule has 2 N–H and O–H groups in total. The first-order valence-corrected chi connectivity index (χ1v) is 6.74. The highest BCUT2D eigenvalue weighted by atomic mass is 35.5. The Morgan fingerprint density at radius 3 is 2.59 bits per heavy atom. The molecule has 17 heavy (non-hydrogen) atoms. The summed E-state index contributed by atoms with van der Waals surface area (Å²) in [5.41, 5.74) is 0.827. The maximum atomic E-state index is 10.1. The molecule has 0 spiro atoms. The minimum absolute atomic E-state index is 0.162. The predicted molar refractivity (Wildman–Crippen MR) is 73.4 cm³/mol. The van der Waals surface area contributed by atoms with E-state index in [0.717, 1.165) is 24.9 Å². The van der Waals surface area contributed by atoms with Crippen LogP contribution in [-0.2, 0) is 0 Å². The Hall–Kier alpha value is -0.570. The van der Waals surface area contributed by atoms with E-state index < -0.39 is 6.10 Å². The zero-order valence-corrected chi connectivity index (χ0v) is 11.4. The van der Waals surface area contributed by atoms with Crippen molar-refractivity contribution < 1.29 is 5.11 Å². The van der Waals surface area contributed by atoms with Crippen molar-refractivity contribution in [3.63, 3.8) is 0 Å². The number of aliphatic hydroxyl groups is 1. The number of nitrogens with one attached hydrogen (secondary N) is 1. The van der Waals surface area contributed by atoms with Gasteiger partial charge in [0.2, 0.25) is 0 Å². The van der Waals surface area contributed by atoms with Crippen LogP contribution in [0.15, 0.2) is 24.3 Å². The molecule has 0 aromatic heterocycles. The van der Waals surface area contributed by atoms with Gasteiger partial charge in [0.05, 0.1) is 6.10 Å². The SMILES string of the molecule is CCC.OC(c1ccccc1Cl)C1CCCN1. The Bertz CT molecular complexity index is 324. The molecule has 1 fully saturated rings. The van der Waals surface area contributed by atoms with Crippen LogP contribution in [0.1, 0.15) is 44.8 Å². The lowest BCUT2D eigenvalue weighted by atomic mass is 10.0. The molecule has 1 aromatic rings. The lowest BCUT2D eigenvalue weighted by Gasteiger charge is -2.19. The lowest BCUT2D eigenvalue weighted by molar-refractivity contribution is 0.137. The summed E-state index contributed by atoms with van der Waals surface area (Å²) < 4.78 is 0. The quantitative estimate of drug-likeness (QED) is 0.847. The van der Waals surface area contributed by atoms with Crippen LogP contribution in [0.3, 0.4) is 0 Å². The molecule has 2 atom stereocenters. The van der Waals surface area contributed by atoms with Crippen LogP contribution < -0.4 is 5.32 Å². The summed E-state index contributed by atoms with van der Waals surface area (Å²) in [6, 6.07) is 7.64. The van der Waals surface area contributed by atoms with Crippen molar-refractivity contribution in [1.29, 1.82) is 0 Å². The van der Waals surface area contributed by atoms with Crippen LogP contribution in [0.5, 0.6) is 0 Å². The minimum Gasteiger partial charge on any atom is -0.387 e. The van der Waals surface area contributed by atoms with Crippen LogP contribution in [0, 0.1) is 0 Å². The number of rotatable bonds is 2. The Morgan fingerprint density at radius 2 is 2.06 bits per heavy atom. The van der Waals surface area contributed by atoms with Crippen LogP contribution >= 0.6 is 11.6 Å². The second-order valence-electron chi connectivity index (χ2n) is 4.38. The van der Waals surface area contributed by atoms with E-state index in [2.05, 4.69) is 19.2 Å². The van der Waals surface area contributed by atoms with Crippen molar-refractivity contribution >= 4 is 11.6 Å². The van der Waals surface area contributed by atoms with Crippen molar-refractivity contribution in [2.75, 3.05) is 6.54 Å². The maximum Gasteiger partial charge on any atom is 0.0957 e. The fourth-order valence-corrected chi connectivity index (χ4v) is 2.16. The third kappa shape index (κ3) is 4.30. The van der Waals surface area contributed by atoms with Gasteiger partial charge in [0.1, 0.15) is 0 Å². The second-order valence-corrected chi connectivity index (χ2v) is 4.78. The third-order valence-corrected chi connectivity index (χ3v) is 3.05. The van der Waals surface area contributed by atoms with Crippen molar-refractivity contribution in [2.45, 2.75) is 45.3 Å². The van der Waals surface area contributed by atoms with Gasteiger partial charge in [0.15, 0.2) is 0 Å². The number of hydrogen-bond donors (Lipinski definition) is 2. The summed E-state index contributed by atoms with van der Waals surface area (Å²) in [5, 5.41) is 14.0. The van der Waals surface area contributed by atoms with Crippen molar-refractivity contribution in [3.8, 4) is 0 Å². The first-order chi connectivity index (χ1) is 8.20. The summed E-state index contributed by atoms with van der Waals surface area (Å²) in [7, 11) is 0. The van der Waals surface area contributed by atoms with Gasteiger partial charge in [-0.05, 0) is 25.5 Å². The molecule has 0 amide bonds. The summed E-state index contributed by atoms with van der Waals surface area (Å²) in [6.45, 7) is 5.24. The molecule has 2 unspecified atom stereocenters. The highest BCUT2D eigenvalue weighted by Crippen LogP contribution is 2.28. The first-order valence-electron chi connectivity index (χ1n) is 6.36.